The van der Waals surface area contributed by atoms with Crippen molar-refractivity contribution in [1.29, 1.82) is 0 Å². The summed E-state index contributed by atoms with van der Waals surface area (Å²) in [6, 6.07) is 11.1. The van der Waals surface area contributed by atoms with Crippen LogP contribution in [0.1, 0.15) is 33.5 Å². The number of amides is 1. The van der Waals surface area contributed by atoms with Crippen LogP contribution >= 0.6 is 0 Å². The van der Waals surface area contributed by atoms with Gasteiger partial charge >= 0.3 is 6.18 Å². The lowest BCUT2D eigenvalue weighted by molar-refractivity contribution is -0.137. The maximum absolute atomic E-state index is 13.0. The summed E-state index contributed by atoms with van der Waals surface area (Å²) in [5.74, 6) is 0.302. The second-order valence-corrected chi connectivity index (χ2v) is 8.86. The van der Waals surface area contributed by atoms with Gasteiger partial charge in [-0.2, -0.15) is 13.2 Å². The van der Waals surface area contributed by atoms with Crippen LogP contribution in [-0.4, -0.2) is 36.9 Å². The van der Waals surface area contributed by atoms with Gasteiger partial charge in [-0.15, -0.1) is 0 Å². The standard InChI is InChI=1S/C28H27F3N4O3/c1-18-5-6-24(35-27(36)20-3-2-4-23(9-20)28(29,30)31)11-26(18)34-14-22(12-32)21-10-25(15-33-13-21)38-17-19-7-8-37-16-19/h2-6,9-15,19H,7-8,16-17,32H2,1H3,(H,35,36). The van der Waals surface area contributed by atoms with E-state index in [1.54, 1.807) is 36.8 Å². The van der Waals surface area contributed by atoms with E-state index < -0.39 is 17.6 Å². The van der Waals surface area contributed by atoms with Gasteiger partial charge in [-0.05, 0) is 55.3 Å². The molecule has 1 aliphatic heterocycles. The first-order valence-electron chi connectivity index (χ1n) is 11.9. The molecule has 7 nitrogen and oxygen atoms in total. The Hall–Kier alpha value is -4.18. The number of carbonyl (C=O) groups excluding carboxylic acids is 1. The highest BCUT2D eigenvalue weighted by Gasteiger charge is 2.30. The largest absolute Gasteiger partial charge is 0.492 e. The van der Waals surface area contributed by atoms with E-state index >= 15 is 0 Å². The molecule has 0 spiro atoms. The fourth-order valence-corrected chi connectivity index (χ4v) is 3.80. The molecule has 1 atom stereocenters. The third-order valence-corrected chi connectivity index (χ3v) is 6.00. The molecule has 2 aromatic carbocycles. The average Bonchev–Trinajstić information content (AvgIpc) is 3.43. The number of allylic oxidation sites excluding steroid dienone is 1. The van der Waals surface area contributed by atoms with Gasteiger partial charge < -0.3 is 20.5 Å². The lowest BCUT2D eigenvalue weighted by Crippen LogP contribution is -2.13. The number of pyridine rings is 1. The number of anilines is 1. The number of aromatic nitrogens is 1. The van der Waals surface area contributed by atoms with E-state index in [0.29, 0.717) is 47.4 Å². The predicted molar refractivity (Wildman–Crippen MR) is 140 cm³/mol. The van der Waals surface area contributed by atoms with Crippen molar-refractivity contribution in [2.75, 3.05) is 25.1 Å². The Morgan fingerprint density at radius 3 is 2.79 bits per heavy atom. The second kappa shape index (κ2) is 11.9. The summed E-state index contributed by atoms with van der Waals surface area (Å²) in [6.45, 7) is 3.82. The minimum absolute atomic E-state index is 0.103. The van der Waals surface area contributed by atoms with Crippen molar-refractivity contribution in [3.05, 3.63) is 89.4 Å². The molecule has 0 bridgehead atoms. The highest BCUT2D eigenvalue weighted by molar-refractivity contribution is 6.10. The molecule has 1 saturated heterocycles. The number of nitrogens with zero attached hydrogens (tertiary/aromatic N) is 2. The molecule has 1 fully saturated rings. The van der Waals surface area contributed by atoms with Crippen molar-refractivity contribution in [3.63, 3.8) is 0 Å². The van der Waals surface area contributed by atoms with Gasteiger partial charge in [0.1, 0.15) is 5.75 Å². The summed E-state index contributed by atoms with van der Waals surface area (Å²) < 4.78 is 50.3. The molecule has 3 aromatic rings. The zero-order valence-electron chi connectivity index (χ0n) is 20.7. The fourth-order valence-electron chi connectivity index (χ4n) is 3.80. The first-order chi connectivity index (χ1) is 18.2. The Balaban J connectivity index is 1.46. The molecule has 198 valence electrons. The number of benzene rings is 2. The van der Waals surface area contributed by atoms with Gasteiger partial charge in [0.25, 0.3) is 5.91 Å². The Labute approximate surface area is 218 Å². The molecule has 10 heteroatoms. The molecular formula is C28H27F3N4O3. The van der Waals surface area contributed by atoms with E-state index in [-0.39, 0.29) is 5.56 Å². The van der Waals surface area contributed by atoms with Crippen LogP contribution in [0, 0.1) is 12.8 Å². The van der Waals surface area contributed by atoms with Gasteiger partial charge in [0.15, 0.2) is 0 Å². The Bertz CT molecular complexity index is 1350. The summed E-state index contributed by atoms with van der Waals surface area (Å²) in [5.41, 5.74) is 7.93. The third-order valence-electron chi connectivity index (χ3n) is 6.00. The highest BCUT2D eigenvalue weighted by atomic mass is 19.4. The monoisotopic (exact) mass is 524 g/mol. The van der Waals surface area contributed by atoms with Crippen molar-refractivity contribution < 1.29 is 27.4 Å². The molecule has 2 heterocycles. The van der Waals surface area contributed by atoms with Gasteiger partial charge in [0.05, 0.1) is 30.7 Å². The number of halogens is 3. The van der Waals surface area contributed by atoms with E-state index in [0.717, 1.165) is 30.7 Å². The van der Waals surface area contributed by atoms with Crippen LogP contribution in [0.25, 0.3) is 5.57 Å². The number of aryl methyl sites for hydroxylation is 1. The van der Waals surface area contributed by atoms with E-state index in [9.17, 15) is 18.0 Å². The normalized spacial score (nSPS) is 16.1. The van der Waals surface area contributed by atoms with Crippen LogP contribution in [0.3, 0.4) is 0 Å². The summed E-state index contributed by atoms with van der Waals surface area (Å²) in [6.07, 6.45) is 2.69. The molecule has 1 amide bonds. The molecular weight excluding hydrogens is 497 g/mol. The van der Waals surface area contributed by atoms with E-state index in [4.69, 9.17) is 15.2 Å². The number of rotatable bonds is 8. The van der Waals surface area contributed by atoms with Crippen LogP contribution < -0.4 is 15.8 Å². The third kappa shape index (κ3) is 6.98. The summed E-state index contributed by atoms with van der Waals surface area (Å²) in [5, 5.41) is 2.63. The molecule has 3 N–H and O–H groups in total. The smallest absolute Gasteiger partial charge is 0.416 e. The fraction of sp³-hybridized carbons (Fsp3) is 0.250. The lowest BCUT2D eigenvalue weighted by atomic mass is 10.1. The zero-order valence-corrected chi connectivity index (χ0v) is 20.7. The van der Waals surface area contributed by atoms with Crippen LogP contribution in [0.4, 0.5) is 24.5 Å². The first-order valence-corrected chi connectivity index (χ1v) is 11.9. The first kappa shape index (κ1) is 26.9. The molecule has 0 saturated carbocycles. The zero-order chi connectivity index (χ0) is 27.1. The topological polar surface area (TPSA) is 98.8 Å². The molecule has 1 aliphatic rings. The molecule has 1 aromatic heterocycles. The second-order valence-electron chi connectivity index (χ2n) is 8.86. The van der Waals surface area contributed by atoms with Crippen LogP contribution in [0.15, 0.2) is 72.1 Å². The van der Waals surface area contributed by atoms with Gasteiger partial charge in [0, 0.05) is 53.5 Å². The van der Waals surface area contributed by atoms with Crippen molar-refractivity contribution in [3.8, 4) is 5.75 Å². The van der Waals surface area contributed by atoms with Crippen LogP contribution in [0.2, 0.25) is 0 Å². The van der Waals surface area contributed by atoms with Crippen LogP contribution in [0.5, 0.6) is 5.75 Å². The maximum Gasteiger partial charge on any atom is 0.416 e. The quantitative estimate of drug-likeness (QED) is 0.364. The Kier molecular flexibility index (Phi) is 8.42. The minimum Gasteiger partial charge on any atom is -0.492 e. The molecule has 38 heavy (non-hydrogen) atoms. The van der Waals surface area contributed by atoms with E-state index in [1.165, 1.54) is 18.3 Å². The van der Waals surface area contributed by atoms with E-state index in [1.807, 2.05) is 13.0 Å². The number of aliphatic imine (C=N–C) groups is 1. The molecule has 0 radical (unpaired) electrons. The minimum atomic E-state index is -4.54. The number of alkyl halides is 3. The maximum atomic E-state index is 13.0. The van der Waals surface area contributed by atoms with Crippen molar-refractivity contribution in [2.24, 2.45) is 16.6 Å². The van der Waals surface area contributed by atoms with Gasteiger partial charge in [-0.1, -0.05) is 12.1 Å². The molecule has 0 aliphatic carbocycles. The number of nitrogens with one attached hydrogen (secondary N) is 1. The van der Waals surface area contributed by atoms with Crippen molar-refractivity contribution >= 4 is 29.1 Å². The van der Waals surface area contributed by atoms with Crippen molar-refractivity contribution in [1.82, 2.24) is 4.98 Å². The number of carbonyl (C=O) groups is 1. The number of hydrogen-bond acceptors (Lipinski definition) is 6. The summed E-state index contributed by atoms with van der Waals surface area (Å²) in [4.78, 5) is 21.3. The van der Waals surface area contributed by atoms with E-state index in [2.05, 4.69) is 15.3 Å². The van der Waals surface area contributed by atoms with Gasteiger partial charge in [-0.25, -0.2) is 0 Å². The number of nitrogens with two attached hydrogens (primary N) is 1. The predicted octanol–water partition coefficient (Wildman–Crippen LogP) is 5.78. The molecule has 1 unspecified atom stereocenters. The number of hydrogen-bond donors (Lipinski definition) is 2. The van der Waals surface area contributed by atoms with Gasteiger partial charge in [0.2, 0.25) is 0 Å². The summed E-state index contributed by atoms with van der Waals surface area (Å²) >= 11 is 0. The number of ether oxygens (including phenoxy) is 2. The highest BCUT2D eigenvalue weighted by Crippen LogP contribution is 2.30. The Morgan fingerprint density at radius 2 is 2.05 bits per heavy atom. The lowest BCUT2D eigenvalue weighted by Gasteiger charge is -2.11. The Morgan fingerprint density at radius 1 is 1.21 bits per heavy atom. The van der Waals surface area contributed by atoms with Gasteiger partial charge in [-0.3, -0.25) is 14.8 Å². The summed E-state index contributed by atoms with van der Waals surface area (Å²) in [7, 11) is 0. The average molecular weight is 525 g/mol. The molecule has 4 rings (SSSR count). The van der Waals surface area contributed by atoms with Crippen molar-refractivity contribution in [2.45, 2.75) is 19.5 Å². The van der Waals surface area contributed by atoms with Crippen LogP contribution in [-0.2, 0) is 10.9 Å². The SMILES string of the molecule is Cc1ccc(NC(=O)c2cccc(C(F)(F)F)c2)cc1N=CC(=CN)c1cncc(OCC2CCOC2)c1.